The Morgan fingerprint density at radius 2 is 2.00 bits per heavy atom. The van der Waals surface area contributed by atoms with Crippen LogP contribution in [0.3, 0.4) is 0 Å². The molecule has 0 aliphatic carbocycles. The lowest BCUT2D eigenvalue weighted by atomic mass is 9.89. The van der Waals surface area contributed by atoms with E-state index in [4.69, 9.17) is 5.11 Å². The van der Waals surface area contributed by atoms with Gasteiger partial charge in [0.15, 0.2) is 0 Å². The highest BCUT2D eigenvalue weighted by atomic mass is 19.1. The van der Waals surface area contributed by atoms with Gasteiger partial charge in [-0.1, -0.05) is 32.0 Å². The molecular formula is C21H21FN2O3. The van der Waals surface area contributed by atoms with Gasteiger partial charge in [-0.2, -0.15) is 0 Å². The molecule has 6 heteroatoms. The van der Waals surface area contributed by atoms with Gasteiger partial charge in [-0.25, -0.2) is 9.37 Å². The van der Waals surface area contributed by atoms with E-state index in [1.165, 1.54) is 12.1 Å². The van der Waals surface area contributed by atoms with Crippen molar-refractivity contribution in [1.29, 1.82) is 0 Å². The predicted molar refractivity (Wildman–Crippen MR) is 104 cm³/mol. The number of nitrogens with zero attached hydrogens (tertiary/aromatic N) is 1. The van der Waals surface area contributed by atoms with E-state index in [9.17, 15) is 14.3 Å². The van der Waals surface area contributed by atoms with Gasteiger partial charge in [0, 0.05) is 10.9 Å². The number of carboxylic acids is 1. The number of phenolic OH excluding ortho intramolecular Hbond substituents is 1. The molecule has 0 unspecified atom stereocenters. The molecular weight excluding hydrogens is 347 g/mol. The highest BCUT2D eigenvalue weighted by Crippen LogP contribution is 2.41. The lowest BCUT2D eigenvalue weighted by molar-refractivity contribution is -0.134. The van der Waals surface area contributed by atoms with Crippen LogP contribution in [0, 0.1) is 12.7 Å². The third kappa shape index (κ3) is 3.56. The first-order chi connectivity index (χ1) is 12.8. The molecule has 5 nitrogen and oxygen atoms in total. The van der Waals surface area contributed by atoms with Crippen LogP contribution >= 0.6 is 0 Å². The minimum absolute atomic E-state index is 0.00117. The first-order valence-corrected chi connectivity index (χ1v) is 8.67. The maximum absolute atomic E-state index is 13.8. The summed E-state index contributed by atoms with van der Waals surface area (Å²) in [6.07, 6.45) is 0. The van der Waals surface area contributed by atoms with Crippen molar-refractivity contribution < 1.29 is 19.4 Å². The number of aromatic hydroxyl groups is 1. The molecule has 0 aliphatic heterocycles. The van der Waals surface area contributed by atoms with Gasteiger partial charge in [-0.05, 0) is 47.7 Å². The highest BCUT2D eigenvalue weighted by molar-refractivity contribution is 6.01. The Morgan fingerprint density at radius 1 is 1.26 bits per heavy atom. The van der Waals surface area contributed by atoms with Crippen molar-refractivity contribution in [1.82, 2.24) is 4.98 Å². The van der Waals surface area contributed by atoms with Crippen molar-refractivity contribution in [3.05, 3.63) is 53.3 Å². The summed E-state index contributed by atoms with van der Waals surface area (Å²) in [6, 6.07) is 9.96. The fourth-order valence-electron chi connectivity index (χ4n) is 3.25. The molecule has 3 rings (SSSR count). The summed E-state index contributed by atoms with van der Waals surface area (Å²) >= 11 is 0. The summed E-state index contributed by atoms with van der Waals surface area (Å²) in [7, 11) is 0. The number of halogens is 1. The number of hydrogen-bond donors (Lipinski definition) is 3. The standard InChI is InChI=1S/C21H21FN2O3/c1-11(2)18-19(13-7-8-15(22)12(3)9-13)14-5-4-6-16(25)20(14)24-21(18)23-10-17(26)27/h4-9,11,25H,10H2,1-3H3,(H,23,24)(H,26,27). The van der Waals surface area contributed by atoms with Crippen LogP contribution in [0.1, 0.15) is 30.9 Å². The van der Waals surface area contributed by atoms with E-state index in [1.54, 1.807) is 25.1 Å². The van der Waals surface area contributed by atoms with Crippen molar-refractivity contribution in [3.63, 3.8) is 0 Å². The number of benzene rings is 2. The van der Waals surface area contributed by atoms with Crippen molar-refractivity contribution >= 4 is 22.7 Å². The van der Waals surface area contributed by atoms with Gasteiger partial charge in [-0.3, -0.25) is 4.79 Å². The lowest BCUT2D eigenvalue weighted by Crippen LogP contribution is -2.15. The van der Waals surface area contributed by atoms with Gasteiger partial charge in [0.25, 0.3) is 0 Å². The summed E-state index contributed by atoms with van der Waals surface area (Å²) < 4.78 is 13.8. The second-order valence-corrected chi connectivity index (χ2v) is 6.79. The number of aromatic nitrogens is 1. The summed E-state index contributed by atoms with van der Waals surface area (Å²) in [6.45, 7) is 5.36. The topological polar surface area (TPSA) is 82.5 Å². The molecule has 0 bridgehead atoms. The minimum Gasteiger partial charge on any atom is -0.506 e. The van der Waals surface area contributed by atoms with Crippen molar-refractivity contribution in [3.8, 4) is 16.9 Å². The van der Waals surface area contributed by atoms with Crippen LogP contribution in [0.5, 0.6) is 5.75 Å². The third-order valence-corrected chi connectivity index (χ3v) is 4.46. The van der Waals surface area contributed by atoms with E-state index in [0.29, 0.717) is 16.9 Å². The molecule has 0 aliphatic rings. The number of aliphatic carboxylic acids is 1. The van der Waals surface area contributed by atoms with Crippen LogP contribution in [-0.2, 0) is 4.79 Å². The number of carboxylic acid groups (broad SMARTS) is 1. The van der Waals surface area contributed by atoms with Crippen molar-refractivity contribution in [2.24, 2.45) is 0 Å². The van der Waals surface area contributed by atoms with Crippen LogP contribution in [-0.4, -0.2) is 27.7 Å². The van der Waals surface area contributed by atoms with Gasteiger partial charge in [0.1, 0.15) is 29.4 Å². The lowest BCUT2D eigenvalue weighted by Gasteiger charge is -2.21. The number of nitrogens with one attached hydrogen (secondary N) is 1. The third-order valence-electron chi connectivity index (χ3n) is 4.46. The van der Waals surface area contributed by atoms with Gasteiger partial charge >= 0.3 is 5.97 Å². The zero-order valence-electron chi connectivity index (χ0n) is 15.4. The number of anilines is 1. The normalized spacial score (nSPS) is 11.1. The number of aryl methyl sites for hydroxylation is 1. The number of carbonyl (C=O) groups is 1. The molecule has 0 amide bonds. The molecule has 0 saturated carbocycles. The molecule has 1 aromatic heterocycles. The summed E-state index contributed by atoms with van der Waals surface area (Å²) in [5.74, 6) is -0.890. The summed E-state index contributed by atoms with van der Waals surface area (Å²) in [4.78, 5) is 15.5. The SMILES string of the molecule is Cc1cc(-c2c(C(C)C)c(NCC(=O)O)nc3c(O)cccc23)ccc1F. The second-order valence-electron chi connectivity index (χ2n) is 6.79. The number of phenols is 1. The Balaban J connectivity index is 2.39. The molecule has 3 aromatic rings. The molecule has 2 aromatic carbocycles. The Bertz CT molecular complexity index is 1030. The zero-order chi connectivity index (χ0) is 19.7. The Morgan fingerprint density at radius 3 is 2.63 bits per heavy atom. The van der Waals surface area contributed by atoms with Crippen LogP contribution in [0.4, 0.5) is 10.2 Å². The highest BCUT2D eigenvalue weighted by Gasteiger charge is 2.21. The molecule has 140 valence electrons. The first-order valence-electron chi connectivity index (χ1n) is 8.67. The number of para-hydroxylation sites is 1. The molecule has 0 saturated heterocycles. The molecule has 27 heavy (non-hydrogen) atoms. The largest absolute Gasteiger partial charge is 0.506 e. The Hall–Kier alpha value is -3.15. The average molecular weight is 368 g/mol. The van der Waals surface area contributed by atoms with E-state index < -0.39 is 5.97 Å². The minimum atomic E-state index is -1.01. The second kappa shape index (κ2) is 7.23. The number of rotatable bonds is 5. The number of hydrogen-bond acceptors (Lipinski definition) is 4. The van der Waals surface area contributed by atoms with Crippen LogP contribution in [0.15, 0.2) is 36.4 Å². The molecule has 0 radical (unpaired) electrons. The molecule has 1 heterocycles. The Kier molecular flexibility index (Phi) is 4.99. The van der Waals surface area contributed by atoms with E-state index in [-0.39, 0.29) is 24.0 Å². The van der Waals surface area contributed by atoms with Gasteiger partial charge in [-0.15, -0.1) is 0 Å². The monoisotopic (exact) mass is 368 g/mol. The maximum Gasteiger partial charge on any atom is 0.322 e. The molecule has 0 spiro atoms. The zero-order valence-corrected chi connectivity index (χ0v) is 15.4. The van der Waals surface area contributed by atoms with E-state index >= 15 is 0 Å². The van der Waals surface area contributed by atoms with Crippen LogP contribution in [0.2, 0.25) is 0 Å². The maximum atomic E-state index is 13.8. The Labute approximate surface area is 156 Å². The first kappa shape index (κ1) is 18.6. The smallest absolute Gasteiger partial charge is 0.322 e. The summed E-state index contributed by atoms with van der Waals surface area (Å²) in [5.41, 5.74) is 3.29. The van der Waals surface area contributed by atoms with Crippen molar-refractivity contribution in [2.45, 2.75) is 26.7 Å². The average Bonchev–Trinajstić information content (AvgIpc) is 2.61. The number of pyridine rings is 1. The fourth-order valence-corrected chi connectivity index (χ4v) is 3.25. The fraction of sp³-hybridized carbons (Fsp3) is 0.238. The van der Waals surface area contributed by atoms with Crippen LogP contribution in [0.25, 0.3) is 22.0 Å². The van der Waals surface area contributed by atoms with Crippen molar-refractivity contribution in [2.75, 3.05) is 11.9 Å². The van der Waals surface area contributed by atoms with Crippen LogP contribution < -0.4 is 5.32 Å². The summed E-state index contributed by atoms with van der Waals surface area (Å²) in [5, 5.41) is 22.9. The quantitative estimate of drug-likeness (QED) is 0.609. The molecule has 0 fully saturated rings. The van der Waals surface area contributed by atoms with E-state index in [2.05, 4.69) is 10.3 Å². The van der Waals surface area contributed by atoms with Gasteiger partial charge in [0.2, 0.25) is 0 Å². The van der Waals surface area contributed by atoms with Gasteiger partial charge < -0.3 is 15.5 Å². The van der Waals surface area contributed by atoms with Gasteiger partial charge in [0.05, 0.1) is 0 Å². The predicted octanol–water partition coefficient (Wildman–Crippen LogP) is 4.67. The van der Waals surface area contributed by atoms with E-state index in [0.717, 1.165) is 22.1 Å². The molecule has 3 N–H and O–H groups in total. The number of fused-ring (bicyclic) bond motifs is 1. The molecule has 0 atom stereocenters. The van der Waals surface area contributed by atoms with E-state index in [1.807, 2.05) is 19.9 Å².